The van der Waals surface area contributed by atoms with Gasteiger partial charge in [0.05, 0.1) is 16.2 Å². The molecule has 19 heavy (non-hydrogen) atoms. The van der Waals surface area contributed by atoms with E-state index in [2.05, 4.69) is 4.98 Å². The molecule has 0 spiro atoms. The lowest BCUT2D eigenvalue weighted by Crippen LogP contribution is -2.41. The number of carboxylic acid groups (broad SMARTS) is 1. The van der Waals surface area contributed by atoms with Crippen LogP contribution >= 0.6 is 11.6 Å². The first-order valence-corrected chi connectivity index (χ1v) is 6.26. The zero-order valence-corrected chi connectivity index (χ0v) is 12.0. The molecular weight excluding hydrogens is 268 g/mol. The van der Waals surface area contributed by atoms with Crippen LogP contribution in [0.1, 0.15) is 38.2 Å². The molecule has 1 aromatic rings. The number of nitrogens with zero attached hydrogens (tertiary/aromatic N) is 1. The molecule has 0 amide bonds. The summed E-state index contributed by atoms with van der Waals surface area (Å²) in [6.07, 6.45) is 1.29. The van der Waals surface area contributed by atoms with Crippen molar-refractivity contribution in [3.63, 3.8) is 0 Å². The Kier molecular flexibility index (Phi) is 3.37. The zero-order valence-electron chi connectivity index (χ0n) is 11.2. The van der Waals surface area contributed by atoms with Gasteiger partial charge in [-0.25, -0.2) is 9.78 Å². The largest absolute Gasteiger partial charge is 0.497 e. The Morgan fingerprint density at radius 2 is 1.84 bits per heavy atom. The number of rotatable bonds is 2. The van der Waals surface area contributed by atoms with Gasteiger partial charge in [0.25, 0.3) is 0 Å². The fourth-order valence-corrected chi connectivity index (χ4v) is 1.95. The second-order valence-corrected chi connectivity index (χ2v) is 5.92. The van der Waals surface area contributed by atoms with E-state index in [1.54, 1.807) is 0 Å². The fourth-order valence-electron chi connectivity index (χ4n) is 1.78. The van der Waals surface area contributed by atoms with Crippen molar-refractivity contribution in [1.29, 1.82) is 0 Å². The molecule has 0 aliphatic carbocycles. The van der Waals surface area contributed by atoms with Gasteiger partial charge in [0, 0.05) is 11.7 Å². The van der Waals surface area contributed by atoms with Crippen LogP contribution in [0.3, 0.4) is 0 Å². The summed E-state index contributed by atoms with van der Waals surface area (Å²) in [5, 5.41) is 9.50. The first-order valence-electron chi connectivity index (χ1n) is 5.88. The van der Waals surface area contributed by atoms with Gasteiger partial charge >= 0.3 is 13.1 Å². The molecule has 5 nitrogen and oxygen atoms in total. The number of aromatic carboxylic acids is 1. The Hall–Kier alpha value is -1.11. The van der Waals surface area contributed by atoms with Gasteiger partial charge < -0.3 is 14.4 Å². The molecule has 102 valence electrons. The van der Waals surface area contributed by atoms with Crippen LogP contribution < -0.4 is 5.46 Å². The molecule has 0 unspecified atom stereocenters. The Labute approximate surface area is 117 Å². The van der Waals surface area contributed by atoms with Crippen LogP contribution in [-0.4, -0.2) is 34.4 Å². The number of hydrogen-bond donors (Lipinski definition) is 1. The lowest BCUT2D eigenvalue weighted by Gasteiger charge is -2.32. The SMILES string of the molecule is CC1(C)OB(c2cc(Cl)cnc2C(=O)O)OC1(C)C. The molecule has 1 fully saturated rings. The third-order valence-corrected chi connectivity index (χ3v) is 3.80. The van der Waals surface area contributed by atoms with Gasteiger partial charge in [-0.2, -0.15) is 0 Å². The van der Waals surface area contributed by atoms with E-state index >= 15 is 0 Å². The minimum atomic E-state index is -1.14. The number of halogens is 1. The summed E-state index contributed by atoms with van der Waals surface area (Å²) in [5.41, 5.74) is -0.868. The van der Waals surface area contributed by atoms with Gasteiger partial charge in [0.1, 0.15) is 5.69 Å². The summed E-state index contributed by atoms with van der Waals surface area (Å²) < 4.78 is 11.6. The third kappa shape index (κ3) is 2.48. The van der Waals surface area contributed by atoms with Crippen molar-refractivity contribution < 1.29 is 19.2 Å². The highest BCUT2D eigenvalue weighted by molar-refractivity contribution is 6.63. The van der Waals surface area contributed by atoms with Gasteiger partial charge in [-0.3, -0.25) is 0 Å². The van der Waals surface area contributed by atoms with Crippen LogP contribution in [0.25, 0.3) is 0 Å². The van der Waals surface area contributed by atoms with Crippen LogP contribution in [0.15, 0.2) is 12.3 Å². The lowest BCUT2D eigenvalue weighted by atomic mass is 9.78. The Balaban J connectivity index is 2.44. The average Bonchev–Trinajstić information content (AvgIpc) is 2.47. The first kappa shape index (κ1) is 14.3. The van der Waals surface area contributed by atoms with Gasteiger partial charge in [-0.1, -0.05) is 11.6 Å². The van der Waals surface area contributed by atoms with E-state index in [9.17, 15) is 4.79 Å². The van der Waals surface area contributed by atoms with E-state index in [-0.39, 0.29) is 5.69 Å². The number of pyridine rings is 1. The van der Waals surface area contributed by atoms with E-state index in [0.29, 0.717) is 10.5 Å². The first-order chi connectivity index (χ1) is 8.64. The summed E-state index contributed by atoms with van der Waals surface area (Å²) in [4.78, 5) is 15.0. The van der Waals surface area contributed by atoms with Crippen molar-refractivity contribution in [1.82, 2.24) is 4.98 Å². The number of carboxylic acids is 1. The van der Waals surface area contributed by atoms with Crippen molar-refractivity contribution in [3.05, 3.63) is 23.0 Å². The highest BCUT2D eigenvalue weighted by Crippen LogP contribution is 2.36. The van der Waals surface area contributed by atoms with E-state index in [0.717, 1.165) is 0 Å². The zero-order chi connectivity index (χ0) is 14.4. The van der Waals surface area contributed by atoms with Gasteiger partial charge in [-0.15, -0.1) is 0 Å². The van der Waals surface area contributed by atoms with Crippen LogP contribution in [0.4, 0.5) is 0 Å². The summed E-state index contributed by atoms with van der Waals surface area (Å²) in [7, 11) is -0.790. The van der Waals surface area contributed by atoms with Crippen molar-refractivity contribution in [2.24, 2.45) is 0 Å². The Morgan fingerprint density at radius 1 is 1.32 bits per heavy atom. The summed E-state index contributed by atoms with van der Waals surface area (Å²) in [6, 6.07) is 1.51. The van der Waals surface area contributed by atoms with E-state index < -0.39 is 24.3 Å². The molecule has 2 heterocycles. The molecule has 0 radical (unpaired) electrons. The van der Waals surface area contributed by atoms with Crippen molar-refractivity contribution in [2.75, 3.05) is 0 Å². The number of carbonyl (C=O) groups is 1. The summed E-state index contributed by atoms with van der Waals surface area (Å²) in [5.74, 6) is -1.14. The lowest BCUT2D eigenvalue weighted by molar-refractivity contribution is 0.00578. The smallest absolute Gasteiger partial charge is 0.477 e. The molecule has 0 bridgehead atoms. The molecule has 1 aromatic heterocycles. The maximum atomic E-state index is 11.2. The summed E-state index contributed by atoms with van der Waals surface area (Å²) in [6.45, 7) is 7.58. The van der Waals surface area contributed by atoms with Crippen LogP contribution in [0.5, 0.6) is 0 Å². The Bertz CT molecular complexity index is 516. The topological polar surface area (TPSA) is 68.7 Å². The van der Waals surface area contributed by atoms with Gasteiger partial charge in [-0.05, 0) is 33.8 Å². The normalized spacial score (nSPS) is 20.6. The van der Waals surface area contributed by atoms with Crippen molar-refractivity contribution >= 4 is 30.2 Å². The molecule has 1 N–H and O–H groups in total. The number of hydrogen-bond acceptors (Lipinski definition) is 4. The highest BCUT2D eigenvalue weighted by atomic mass is 35.5. The fraction of sp³-hybridized carbons (Fsp3) is 0.500. The molecule has 1 aliphatic heterocycles. The molecule has 1 saturated heterocycles. The van der Waals surface area contributed by atoms with Crippen molar-refractivity contribution in [2.45, 2.75) is 38.9 Å². The van der Waals surface area contributed by atoms with Gasteiger partial charge in [0.2, 0.25) is 0 Å². The maximum Gasteiger partial charge on any atom is 0.497 e. The number of aromatic nitrogens is 1. The van der Waals surface area contributed by atoms with E-state index in [4.69, 9.17) is 26.0 Å². The van der Waals surface area contributed by atoms with Crippen molar-refractivity contribution in [3.8, 4) is 0 Å². The Morgan fingerprint density at radius 3 is 2.32 bits per heavy atom. The minimum Gasteiger partial charge on any atom is -0.477 e. The average molecular weight is 284 g/mol. The second kappa shape index (κ2) is 4.47. The summed E-state index contributed by atoms with van der Waals surface area (Å²) >= 11 is 5.88. The predicted octanol–water partition coefficient (Wildman–Crippen LogP) is 1.73. The molecule has 1 aliphatic rings. The van der Waals surface area contributed by atoms with Crippen LogP contribution in [0.2, 0.25) is 5.02 Å². The monoisotopic (exact) mass is 283 g/mol. The minimum absolute atomic E-state index is 0.108. The third-order valence-electron chi connectivity index (χ3n) is 3.59. The second-order valence-electron chi connectivity index (χ2n) is 5.48. The maximum absolute atomic E-state index is 11.2. The standard InChI is InChI=1S/C12H15BClNO4/c1-11(2)12(3,4)19-13(18-11)8-5-7(14)6-15-9(8)10(16)17/h5-6H,1-4H3,(H,16,17). The molecule has 0 saturated carbocycles. The van der Waals surface area contributed by atoms with Gasteiger partial charge in [0.15, 0.2) is 0 Å². The molecule has 7 heteroatoms. The van der Waals surface area contributed by atoms with E-state index in [1.807, 2.05) is 27.7 Å². The quantitative estimate of drug-likeness (QED) is 0.837. The van der Waals surface area contributed by atoms with Crippen LogP contribution in [-0.2, 0) is 9.31 Å². The van der Waals surface area contributed by atoms with Crippen LogP contribution in [0, 0.1) is 0 Å². The molecule has 0 aromatic carbocycles. The van der Waals surface area contributed by atoms with E-state index in [1.165, 1.54) is 12.3 Å². The molecule has 2 rings (SSSR count). The molecule has 0 atom stereocenters. The predicted molar refractivity (Wildman–Crippen MR) is 71.9 cm³/mol. The molecular formula is C12H15BClNO4. The highest BCUT2D eigenvalue weighted by Gasteiger charge is 2.52.